The number of fused-ring (bicyclic) bond motifs is 5. The van der Waals surface area contributed by atoms with Gasteiger partial charge in [0.15, 0.2) is 0 Å². The summed E-state index contributed by atoms with van der Waals surface area (Å²) in [6.45, 7) is 7.33. The number of aliphatic hydroxyl groups excluding tert-OH is 1. The fourth-order valence-electron chi connectivity index (χ4n) is 9.75. The van der Waals surface area contributed by atoms with Gasteiger partial charge in [-0.05, 0) is 130 Å². The van der Waals surface area contributed by atoms with E-state index in [1.807, 2.05) is 24.3 Å². The molecule has 3 aromatic rings. The Bertz CT molecular complexity index is 1750. The number of likely N-dealkylation sites (tertiary alicyclic amines) is 1. The van der Waals surface area contributed by atoms with Crippen LogP contribution in [0.25, 0.3) is 10.9 Å². The van der Waals surface area contributed by atoms with E-state index in [4.69, 9.17) is 27.0 Å². The van der Waals surface area contributed by atoms with Crippen molar-refractivity contribution in [2.24, 2.45) is 17.8 Å². The average Bonchev–Trinajstić information content (AvgIpc) is 3.11. The van der Waals surface area contributed by atoms with E-state index in [9.17, 15) is 5.11 Å². The third-order valence-electron chi connectivity index (χ3n) is 12.1. The molecule has 2 aliphatic carbocycles. The van der Waals surface area contributed by atoms with Gasteiger partial charge in [-0.15, -0.1) is 23.6 Å². The second-order valence-electron chi connectivity index (χ2n) is 14.5. The van der Waals surface area contributed by atoms with Gasteiger partial charge >= 0.3 is 10.4 Å². The molecule has 5 fully saturated rings. The van der Waals surface area contributed by atoms with Crippen LogP contribution >= 0.6 is 17.0 Å². The third kappa shape index (κ3) is 7.91. The van der Waals surface area contributed by atoms with Gasteiger partial charge in [0, 0.05) is 35.6 Å². The highest BCUT2D eigenvalue weighted by Gasteiger charge is 2.53. The molecule has 1 unspecified atom stereocenters. The van der Waals surface area contributed by atoms with Gasteiger partial charge in [0.05, 0.1) is 25.8 Å². The molecule has 4 aliphatic heterocycles. The molecule has 8 atom stereocenters. The normalized spacial score (nSPS) is 30.1. The molecular weight excluding hydrogens is 722 g/mol. The first-order valence-corrected chi connectivity index (χ1v) is 18.9. The first-order valence-electron chi connectivity index (χ1n) is 17.5. The minimum Gasteiger partial charge on any atom is -0.497 e. The van der Waals surface area contributed by atoms with Gasteiger partial charge in [-0.1, -0.05) is 25.0 Å². The molecule has 10 nitrogen and oxygen atoms in total. The molecule has 0 radical (unpaired) electrons. The van der Waals surface area contributed by atoms with E-state index in [1.54, 1.807) is 31.5 Å². The Morgan fingerprint density at radius 3 is 2.42 bits per heavy atom. The largest absolute Gasteiger partial charge is 0.497 e. The average molecular weight is 775 g/mol. The lowest BCUT2D eigenvalue weighted by Crippen LogP contribution is -2.59. The zero-order valence-corrected chi connectivity index (χ0v) is 31.8. The zero-order chi connectivity index (χ0) is 34.9. The van der Waals surface area contributed by atoms with E-state index in [0.29, 0.717) is 17.3 Å². The molecule has 0 amide bonds. The van der Waals surface area contributed by atoms with E-state index in [0.717, 1.165) is 59.4 Å². The molecule has 1 saturated carbocycles. The number of ether oxygens (including phenoxy) is 2. The second kappa shape index (κ2) is 16.0. The number of hydrogen-bond acceptors (Lipinski definition) is 8. The highest BCUT2D eigenvalue weighted by Crippen LogP contribution is 2.56. The van der Waals surface area contributed by atoms with Gasteiger partial charge in [0.25, 0.3) is 0 Å². The van der Waals surface area contributed by atoms with E-state index >= 15 is 0 Å². The first kappa shape index (κ1) is 38.6. The monoisotopic (exact) mass is 773 g/mol. The van der Waals surface area contributed by atoms with Crippen molar-refractivity contribution in [2.45, 2.75) is 75.0 Å². The molecule has 4 bridgehead atoms. The molecule has 4 saturated heterocycles. The maximum absolute atomic E-state index is 11.2. The van der Waals surface area contributed by atoms with Crippen molar-refractivity contribution in [3.8, 4) is 11.5 Å². The van der Waals surface area contributed by atoms with Crippen LogP contribution in [0.3, 0.4) is 0 Å². The smallest absolute Gasteiger partial charge is 0.394 e. The molecule has 5 heterocycles. The number of rotatable bonds is 5. The fourth-order valence-corrected chi connectivity index (χ4v) is 9.75. The molecule has 9 rings (SSSR count). The summed E-state index contributed by atoms with van der Waals surface area (Å²) < 4.78 is 42.4. The Kier molecular flexibility index (Phi) is 12.3. The second-order valence-corrected chi connectivity index (χ2v) is 15.4. The maximum atomic E-state index is 11.2. The van der Waals surface area contributed by atoms with Gasteiger partial charge in [0.1, 0.15) is 11.5 Å². The van der Waals surface area contributed by atoms with Crippen LogP contribution in [-0.4, -0.2) is 90.4 Å². The number of aromatic nitrogens is 1. The van der Waals surface area contributed by atoms with E-state index in [2.05, 4.69) is 52.7 Å². The van der Waals surface area contributed by atoms with Gasteiger partial charge < -0.3 is 19.5 Å². The van der Waals surface area contributed by atoms with Crippen molar-refractivity contribution in [1.29, 1.82) is 0 Å². The summed E-state index contributed by atoms with van der Waals surface area (Å²) in [6, 6.07) is 15.6. The van der Waals surface area contributed by atoms with Crippen LogP contribution in [0.4, 0.5) is 0 Å². The number of pyridine rings is 1. The lowest BCUT2D eigenvalue weighted by molar-refractivity contribution is -0.0444. The predicted molar refractivity (Wildman–Crippen MR) is 201 cm³/mol. The number of hydrogen-bond donors (Lipinski definition) is 3. The van der Waals surface area contributed by atoms with E-state index in [-0.39, 0.29) is 23.0 Å². The molecule has 274 valence electrons. The Balaban J connectivity index is 0.000000170. The molecule has 3 N–H and O–H groups in total. The van der Waals surface area contributed by atoms with Crippen LogP contribution in [0.1, 0.15) is 67.7 Å². The summed E-state index contributed by atoms with van der Waals surface area (Å²) in [5.74, 6) is 3.92. The summed E-state index contributed by atoms with van der Waals surface area (Å²) in [5.41, 5.74) is 5.52. The summed E-state index contributed by atoms with van der Waals surface area (Å²) in [5, 5.41) is 12.1. The van der Waals surface area contributed by atoms with E-state index in [1.165, 1.54) is 51.5 Å². The number of methoxy groups -OCH3 is 2. The molecular formula is C38H52BrN3O7S. The quantitative estimate of drug-likeness (QED) is 0.196. The van der Waals surface area contributed by atoms with Crippen LogP contribution in [-0.2, 0) is 22.2 Å². The lowest BCUT2D eigenvalue weighted by Gasteiger charge is -2.58. The van der Waals surface area contributed by atoms with Gasteiger partial charge in [-0.25, -0.2) is 0 Å². The third-order valence-corrected chi connectivity index (χ3v) is 12.1. The molecule has 2 aromatic carbocycles. The van der Waals surface area contributed by atoms with Crippen LogP contribution in [0.15, 0.2) is 61.3 Å². The van der Waals surface area contributed by atoms with Crippen molar-refractivity contribution >= 4 is 38.3 Å². The predicted octanol–water partition coefficient (Wildman–Crippen LogP) is 6.48. The highest BCUT2D eigenvalue weighted by molar-refractivity contribution is 8.93. The fraction of sp³-hybridized carbons (Fsp3) is 0.553. The van der Waals surface area contributed by atoms with E-state index < -0.39 is 16.5 Å². The van der Waals surface area contributed by atoms with Crippen molar-refractivity contribution < 1.29 is 32.1 Å². The maximum Gasteiger partial charge on any atom is 0.394 e. The van der Waals surface area contributed by atoms with Gasteiger partial charge in [0.2, 0.25) is 0 Å². The summed E-state index contributed by atoms with van der Waals surface area (Å²) >= 11 is 0. The molecule has 6 aliphatic rings. The Labute approximate surface area is 307 Å². The van der Waals surface area contributed by atoms with Crippen LogP contribution in [0, 0.1) is 17.8 Å². The minimum atomic E-state index is -4.67. The van der Waals surface area contributed by atoms with Gasteiger partial charge in [-0.3, -0.25) is 19.0 Å². The standard InChI is InChI=1S/C20H24N2O2.C18H25NO.BrH.H2O4S/c1-3-13-12-22-9-7-14(13)10-19(22)20(23)16-6-8-21-18-5-4-15(24-2)11-17(16)18;1-19-10-9-18-8-4-3-5-15(18)17(19)11-13-6-7-14(20-2)12-16(13)18;;1-5(2,3)4/h3-6,8,11,13-14,19-20,23H,1,7,9-10,12H2,2H3;6-7,12,15,17H,3-5,8-11H2,1-2H3;1H;(H2,1,2,3,4)/t13-,14-,19+,20-;15-,17+,18+;;/m01../s1. The minimum absolute atomic E-state index is 0. The van der Waals surface area contributed by atoms with Crippen molar-refractivity contribution in [3.05, 3.63) is 78.0 Å². The van der Waals surface area contributed by atoms with Crippen molar-refractivity contribution in [2.75, 3.05) is 40.9 Å². The summed E-state index contributed by atoms with van der Waals surface area (Å²) in [6.07, 6.45) is 13.8. The number of halogens is 1. The highest BCUT2D eigenvalue weighted by atomic mass is 79.9. The number of likely N-dealkylation sites (N-methyl/N-ethyl adjacent to an activating group) is 1. The Morgan fingerprint density at radius 1 is 1.02 bits per heavy atom. The number of aliphatic hydroxyl groups is 1. The first-order chi connectivity index (χ1) is 23.5. The number of benzene rings is 2. The lowest BCUT2D eigenvalue weighted by atomic mass is 9.52. The van der Waals surface area contributed by atoms with Crippen LogP contribution in [0.5, 0.6) is 11.5 Å². The van der Waals surface area contributed by atoms with Gasteiger partial charge in [-0.2, -0.15) is 8.42 Å². The van der Waals surface area contributed by atoms with Crippen LogP contribution in [0.2, 0.25) is 0 Å². The topological polar surface area (TPSA) is 133 Å². The zero-order valence-electron chi connectivity index (χ0n) is 29.3. The number of piperidine rings is 4. The Morgan fingerprint density at radius 2 is 1.74 bits per heavy atom. The molecule has 1 aromatic heterocycles. The van der Waals surface area contributed by atoms with Crippen molar-refractivity contribution in [3.63, 3.8) is 0 Å². The van der Waals surface area contributed by atoms with Crippen molar-refractivity contribution in [1.82, 2.24) is 14.8 Å². The molecule has 12 heteroatoms. The SMILES string of the molecule is Br.C=C[C@H]1CN2CC[C@H]1C[C@@H]2[C@@H](O)c1ccnc2ccc(OC)cc12.COc1ccc2c(c1)[C@]13CCCC[C@@H]1[C@H](C2)N(C)CC3.O=S(=O)(O)O. The summed E-state index contributed by atoms with van der Waals surface area (Å²) in [4.78, 5) is 9.48. The Hall–Kier alpha value is -2.58. The number of nitrogens with zero attached hydrogens (tertiary/aromatic N) is 3. The molecule has 0 spiro atoms. The van der Waals surface area contributed by atoms with Crippen LogP contribution < -0.4 is 9.47 Å². The summed E-state index contributed by atoms with van der Waals surface area (Å²) in [7, 11) is 1.12. The molecule has 50 heavy (non-hydrogen) atoms.